The summed E-state index contributed by atoms with van der Waals surface area (Å²) >= 11 is 13.2. The number of fused-ring (bicyclic) bond motifs is 2. The van der Waals surface area contributed by atoms with Crippen LogP contribution in [0.3, 0.4) is 0 Å². The summed E-state index contributed by atoms with van der Waals surface area (Å²) in [6, 6.07) is 23.6. The molecule has 0 aliphatic carbocycles. The topological polar surface area (TPSA) is 89.1 Å². The number of hydrogen-bond acceptors (Lipinski definition) is 5. The number of amides is 4. The number of benzene rings is 3. The summed E-state index contributed by atoms with van der Waals surface area (Å²) in [6.45, 7) is 3.10. The highest BCUT2D eigenvalue weighted by atomic mass is 35.5. The van der Waals surface area contributed by atoms with Crippen LogP contribution in [0.2, 0.25) is 10.0 Å². The molecule has 4 aromatic rings. The number of carbonyl (C=O) groups excluding carboxylic acids is 3. The van der Waals surface area contributed by atoms with E-state index in [9.17, 15) is 14.4 Å². The summed E-state index contributed by atoms with van der Waals surface area (Å²) in [5.74, 6) is -0.376. The lowest BCUT2D eigenvalue weighted by Crippen LogP contribution is -2.66. The number of hydrogen-bond donors (Lipinski definition) is 1. The van der Waals surface area contributed by atoms with Gasteiger partial charge in [-0.15, -0.1) is 0 Å². The second-order valence-corrected chi connectivity index (χ2v) is 12.1. The van der Waals surface area contributed by atoms with Gasteiger partial charge < -0.3 is 15.1 Å². The van der Waals surface area contributed by atoms with Crippen LogP contribution in [-0.2, 0) is 29.1 Å². The Morgan fingerprint density at radius 1 is 0.978 bits per heavy atom. The van der Waals surface area contributed by atoms with Crippen LogP contribution in [-0.4, -0.2) is 74.5 Å². The number of pyridine rings is 1. The molecule has 2 fully saturated rings. The van der Waals surface area contributed by atoms with Gasteiger partial charge in [-0.05, 0) is 35.7 Å². The maximum absolute atomic E-state index is 14.3. The van der Waals surface area contributed by atoms with Crippen molar-refractivity contribution < 1.29 is 14.4 Å². The molecule has 6 rings (SSSR count). The first-order valence-corrected chi connectivity index (χ1v) is 15.8. The number of hydrazine groups is 1. The summed E-state index contributed by atoms with van der Waals surface area (Å²) < 4.78 is 0. The minimum absolute atomic E-state index is 0.0119. The lowest BCUT2D eigenvalue weighted by molar-refractivity contribution is -0.157. The number of nitrogens with one attached hydrogen (secondary N) is 1. The molecular formula is C34H34Cl2N6O3. The summed E-state index contributed by atoms with van der Waals surface area (Å²) in [5.41, 5.74) is 3.21. The van der Waals surface area contributed by atoms with Crippen LogP contribution in [0.25, 0.3) is 10.9 Å². The molecule has 0 bridgehead atoms. The SMILES string of the molecule is CCCN(C(=O)NCc1ccccc1)N1CC(=O)N2[C@@H](Cc3ccccc3)C(=O)N(Cc3c(Cl)cc(Cl)c4cccnc34)C[C@@H]21. The van der Waals surface area contributed by atoms with Crippen LogP contribution in [0, 0.1) is 0 Å². The smallest absolute Gasteiger partial charge is 0.332 e. The second-order valence-electron chi connectivity index (χ2n) is 11.3. The van der Waals surface area contributed by atoms with Crippen molar-refractivity contribution >= 4 is 52.0 Å². The monoisotopic (exact) mass is 644 g/mol. The summed E-state index contributed by atoms with van der Waals surface area (Å²) in [6.07, 6.45) is 2.14. The minimum atomic E-state index is -0.759. The van der Waals surface area contributed by atoms with E-state index in [0.29, 0.717) is 47.1 Å². The maximum atomic E-state index is 14.3. The fourth-order valence-electron chi connectivity index (χ4n) is 6.22. The van der Waals surface area contributed by atoms with Gasteiger partial charge in [0.1, 0.15) is 12.2 Å². The first-order valence-electron chi connectivity index (χ1n) is 15.1. The highest BCUT2D eigenvalue weighted by Crippen LogP contribution is 2.35. The molecule has 11 heteroatoms. The normalized spacial score (nSPS) is 18.4. The maximum Gasteiger partial charge on any atom is 0.332 e. The molecule has 2 aliphatic rings. The number of urea groups is 1. The van der Waals surface area contributed by atoms with Gasteiger partial charge in [-0.1, -0.05) is 90.8 Å². The third-order valence-corrected chi connectivity index (χ3v) is 9.00. The number of rotatable bonds is 9. The molecule has 9 nitrogen and oxygen atoms in total. The number of piperazine rings is 1. The van der Waals surface area contributed by atoms with E-state index < -0.39 is 12.2 Å². The van der Waals surface area contributed by atoms with E-state index >= 15 is 0 Å². The quantitative estimate of drug-likeness (QED) is 0.260. The molecule has 0 spiro atoms. The van der Waals surface area contributed by atoms with Crippen molar-refractivity contribution in [3.8, 4) is 0 Å². The van der Waals surface area contributed by atoms with Gasteiger partial charge in [-0.3, -0.25) is 19.6 Å². The first kappa shape index (κ1) is 30.8. The van der Waals surface area contributed by atoms with Gasteiger partial charge in [0.25, 0.3) is 0 Å². The summed E-state index contributed by atoms with van der Waals surface area (Å²) in [5, 5.41) is 8.07. The zero-order chi connectivity index (χ0) is 31.5. The van der Waals surface area contributed by atoms with Crippen molar-refractivity contribution in [2.24, 2.45) is 0 Å². The molecule has 232 valence electrons. The van der Waals surface area contributed by atoms with E-state index in [1.165, 1.54) is 0 Å². The summed E-state index contributed by atoms with van der Waals surface area (Å²) in [4.78, 5) is 49.6. The molecule has 4 amide bonds. The molecule has 3 heterocycles. The second kappa shape index (κ2) is 13.4. The van der Waals surface area contributed by atoms with Crippen LogP contribution in [0.4, 0.5) is 4.79 Å². The highest BCUT2D eigenvalue weighted by molar-refractivity contribution is 6.39. The fourth-order valence-corrected chi connectivity index (χ4v) is 6.80. The first-order chi connectivity index (χ1) is 21.9. The number of nitrogens with zero attached hydrogens (tertiary/aromatic N) is 5. The molecular weight excluding hydrogens is 611 g/mol. The van der Waals surface area contributed by atoms with Crippen LogP contribution in [0.1, 0.15) is 30.0 Å². The Balaban J connectivity index is 1.34. The van der Waals surface area contributed by atoms with Crippen molar-refractivity contribution in [1.29, 1.82) is 0 Å². The van der Waals surface area contributed by atoms with E-state index in [-0.39, 0.29) is 37.5 Å². The lowest BCUT2D eigenvalue weighted by atomic mass is 9.99. The molecule has 2 atom stereocenters. The Morgan fingerprint density at radius 2 is 1.69 bits per heavy atom. The molecule has 2 aliphatic heterocycles. The Labute approximate surface area is 272 Å². The highest BCUT2D eigenvalue weighted by Gasteiger charge is 2.52. The van der Waals surface area contributed by atoms with Crippen LogP contribution in [0.5, 0.6) is 0 Å². The van der Waals surface area contributed by atoms with Crippen molar-refractivity contribution in [2.45, 2.75) is 45.1 Å². The third kappa shape index (κ3) is 6.33. The van der Waals surface area contributed by atoms with Crippen molar-refractivity contribution in [3.05, 3.63) is 112 Å². The zero-order valence-corrected chi connectivity index (χ0v) is 26.4. The van der Waals surface area contributed by atoms with E-state index in [1.54, 1.807) is 33.1 Å². The Morgan fingerprint density at radius 3 is 2.40 bits per heavy atom. The van der Waals surface area contributed by atoms with Gasteiger partial charge >= 0.3 is 6.03 Å². The molecule has 0 unspecified atom stereocenters. The Kier molecular flexibility index (Phi) is 9.21. The molecule has 1 aromatic heterocycles. The van der Waals surface area contributed by atoms with Crippen molar-refractivity contribution in [1.82, 2.24) is 30.1 Å². The minimum Gasteiger partial charge on any atom is -0.333 e. The third-order valence-electron chi connectivity index (χ3n) is 8.35. The molecule has 3 aromatic carbocycles. The van der Waals surface area contributed by atoms with Crippen molar-refractivity contribution in [2.75, 3.05) is 19.6 Å². The Bertz CT molecular complexity index is 1710. The number of carbonyl (C=O) groups is 3. The molecule has 1 N–H and O–H groups in total. The van der Waals surface area contributed by atoms with E-state index in [1.807, 2.05) is 78.7 Å². The molecule has 45 heavy (non-hydrogen) atoms. The van der Waals surface area contributed by atoms with Crippen LogP contribution >= 0.6 is 23.2 Å². The van der Waals surface area contributed by atoms with Gasteiger partial charge in [0.2, 0.25) is 11.8 Å². The average Bonchev–Trinajstić information content (AvgIpc) is 3.38. The molecule has 0 radical (unpaired) electrons. The zero-order valence-electron chi connectivity index (χ0n) is 24.9. The standard InChI is InChI=1S/C34H34Cl2N6O3/c1-2-16-40(34(45)38-19-24-12-7-4-8-13-24)41-22-31(43)42-29(17-23-10-5-3-6-11-23)33(44)39(21-30(41)42)20-26-28(36)18-27(35)25-14-9-15-37-32(25)26/h3-15,18,29-30H,2,16-17,19-22H2,1H3,(H,38,45)/t29-,30+/m0/s1. The van der Waals surface area contributed by atoms with Gasteiger partial charge in [0.15, 0.2) is 0 Å². The fraction of sp³-hybridized carbons (Fsp3) is 0.294. The van der Waals surface area contributed by atoms with Gasteiger partial charge in [0, 0.05) is 48.2 Å². The largest absolute Gasteiger partial charge is 0.333 e. The van der Waals surface area contributed by atoms with E-state index in [2.05, 4.69) is 10.3 Å². The lowest BCUT2D eigenvalue weighted by Gasteiger charge is -2.46. The predicted molar refractivity (Wildman–Crippen MR) is 174 cm³/mol. The van der Waals surface area contributed by atoms with Gasteiger partial charge in [-0.25, -0.2) is 4.79 Å². The predicted octanol–water partition coefficient (Wildman–Crippen LogP) is 5.50. The molecule has 0 saturated carbocycles. The summed E-state index contributed by atoms with van der Waals surface area (Å²) in [7, 11) is 0. The number of aromatic nitrogens is 1. The number of halogens is 2. The van der Waals surface area contributed by atoms with Gasteiger partial charge in [0.05, 0.1) is 23.6 Å². The van der Waals surface area contributed by atoms with Crippen LogP contribution in [0.15, 0.2) is 85.1 Å². The van der Waals surface area contributed by atoms with E-state index in [0.717, 1.165) is 16.5 Å². The average molecular weight is 646 g/mol. The Hall–Kier alpha value is -4.18. The van der Waals surface area contributed by atoms with Crippen LogP contribution < -0.4 is 5.32 Å². The van der Waals surface area contributed by atoms with Gasteiger partial charge in [-0.2, -0.15) is 5.01 Å². The van der Waals surface area contributed by atoms with E-state index in [4.69, 9.17) is 23.2 Å². The van der Waals surface area contributed by atoms with Crippen molar-refractivity contribution in [3.63, 3.8) is 0 Å². The molecule has 2 saturated heterocycles.